The van der Waals surface area contributed by atoms with E-state index in [0.29, 0.717) is 12.2 Å². The molecule has 0 radical (unpaired) electrons. The molecule has 80 valence electrons. The van der Waals surface area contributed by atoms with Gasteiger partial charge in [0.25, 0.3) is 0 Å². The van der Waals surface area contributed by atoms with Gasteiger partial charge in [0.1, 0.15) is 0 Å². The minimum atomic E-state index is -0.0183. The molecule has 0 aliphatic rings. The third kappa shape index (κ3) is 3.58. The van der Waals surface area contributed by atoms with E-state index >= 15 is 0 Å². The first kappa shape index (κ1) is 11.5. The summed E-state index contributed by atoms with van der Waals surface area (Å²) in [6.07, 6.45) is 2.90. The summed E-state index contributed by atoms with van der Waals surface area (Å²) in [6, 6.07) is 5.81. The second kappa shape index (κ2) is 5.35. The van der Waals surface area contributed by atoms with Gasteiger partial charge in [-0.1, -0.05) is 17.2 Å². The lowest BCUT2D eigenvalue weighted by Gasteiger charge is -2.01. The van der Waals surface area contributed by atoms with Gasteiger partial charge in [0.2, 0.25) is 0 Å². The van der Waals surface area contributed by atoms with Gasteiger partial charge in [0.05, 0.1) is 12.9 Å². The maximum Gasteiger partial charge on any atom is 0.188 e. The van der Waals surface area contributed by atoms with E-state index in [4.69, 9.17) is 4.74 Å². The van der Waals surface area contributed by atoms with Gasteiger partial charge in [-0.15, -0.1) is 0 Å². The maximum atomic E-state index is 11.7. The molecule has 0 spiro atoms. The van der Waals surface area contributed by atoms with Crippen LogP contribution in [0.4, 0.5) is 0 Å². The van der Waals surface area contributed by atoms with Crippen LogP contribution in [0.3, 0.4) is 0 Å². The highest BCUT2D eigenvalue weighted by Crippen LogP contribution is 2.09. The molecule has 2 heteroatoms. The van der Waals surface area contributed by atoms with Gasteiger partial charge in [-0.2, -0.15) is 0 Å². The molecule has 0 unspecified atom stereocenters. The smallest absolute Gasteiger partial charge is 0.188 e. The largest absolute Gasteiger partial charge is 0.501 e. The predicted molar refractivity (Wildman–Crippen MR) is 61.0 cm³/mol. The summed E-state index contributed by atoms with van der Waals surface area (Å²) in [6.45, 7) is 6.42. The molecular formula is C13H16O2. The number of allylic oxidation sites excluding steroid dienone is 1. The Morgan fingerprint density at radius 1 is 1.27 bits per heavy atom. The molecule has 0 N–H and O–H groups in total. The maximum absolute atomic E-state index is 11.7. The number of rotatable bonds is 4. The third-order valence-corrected chi connectivity index (χ3v) is 1.99. The Kier molecular flexibility index (Phi) is 4.10. The van der Waals surface area contributed by atoms with Crippen molar-refractivity contribution in [3.63, 3.8) is 0 Å². The highest BCUT2D eigenvalue weighted by molar-refractivity contribution is 6.04. The first-order valence-electron chi connectivity index (χ1n) is 5.04. The summed E-state index contributed by atoms with van der Waals surface area (Å²) in [5.74, 6) is -0.0183. The molecule has 0 heterocycles. The van der Waals surface area contributed by atoms with Gasteiger partial charge >= 0.3 is 0 Å². The molecule has 1 aromatic carbocycles. The van der Waals surface area contributed by atoms with E-state index in [1.54, 1.807) is 0 Å². The van der Waals surface area contributed by atoms with Crippen LogP contribution >= 0.6 is 0 Å². The summed E-state index contributed by atoms with van der Waals surface area (Å²) >= 11 is 0. The van der Waals surface area contributed by atoms with E-state index in [9.17, 15) is 4.79 Å². The average molecular weight is 204 g/mol. The van der Waals surface area contributed by atoms with Crippen LogP contribution in [0.25, 0.3) is 0 Å². The molecule has 0 amide bonds. The van der Waals surface area contributed by atoms with Gasteiger partial charge < -0.3 is 4.74 Å². The SMILES string of the molecule is CCO/C=C/C(=O)c1cc(C)cc(C)c1. The Bertz CT molecular complexity index is 358. The van der Waals surface area contributed by atoms with Crippen molar-refractivity contribution in [1.82, 2.24) is 0 Å². The number of ketones is 1. The molecule has 0 aliphatic heterocycles. The van der Waals surface area contributed by atoms with Crippen molar-refractivity contribution < 1.29 is 9.53 Å². The Morgan fingerprint density at radius 2 is 1.87 bits per heavy atom. The van der Waals surface area contributed by atoms with Gasteiger partial charge in [-0.25, -0.2) is 0 Å². The van der Waals surface area contributed by atoms with Crippen LogP contribution in [0.2, 0.25) is 0 Å². The fraction of sp³-hybridized carbons (Fsp3) is 0.308. The Hall–Kier alpha value is -1.57. The van der Waals surface area contributed by atoms with Crippen LogP contribution in [0.15, 0.2) is 30.5 Å². The quantitative estimate of drug-likeness (QED) is 0.428. The molecule has 1 rings (SSSR count). The van der Waals surface area contributed by atoms with Crippen LogP contribution in [0, 0.1) is 13.8 Å². The Balaban J connectivity index is 2.82. The van der Waals surface area contributed by atoms with Crippen molar-refractivity contribution in [1.29, 1.82) is 0 Å². The van der Waals surface area contributed by atoms with Crippen molar-refractivity contribution in [3.8, 4) is 0 Å². The first-order valence-corrected chi connectivity index (χ1v) is 5.04. The minimum absolute atomic E-state index is 0.0183. The molecule has 15 heavy (non-hydrogen) atoms. The molecule has 0 aromatic heterocycles. The zero-order chi connectivity index (χ0) is 11.3. The lowest BCUT2D eigenvalue weighted by Crippen LogP contribution is -1.96. The van der Waals surface area contributed by atoms with E-state index < -0.39 is 0 Å². The molecule has 0 saturated heterocycles. The average Bonchev–Trinajstić information content (AvgIpc) is 2.16. The molecule has 0 saturated carbocycles. The van der Waals surface area contributed by atoms with E-state index in [1.165, 1.54) is 12.3 Å². The van der Waals surface area contributed by atoms with Crippen molar-refractivity contribution in [3.05, 3.63) is 47.2 Å². The van der Waals surface area contributed by atoms with Gasteiger partial charge in [0, 0.05) is 11.6 Å². The van der Waals surface area contributed by atoms with E-state index in [0.717, 1.165) is 11.1 Å². The molecule has 0 aliphatic carbocycles. The minimum Gasteiger partial charge on any atom is -0.501 e. The number of hydrogen-bond acceptors (Lipinski definition) is 2. The standard InChI is InChI=1S/C13H16O2/c1-4-15-6-5-13(14)12-8-10(2)7-11(3)9-12/h5-9H,4H2,1-3H3/b6-5+. The summed E-state index contributed by atoms with van der Waals surface area (Å²) < 4.78 is 4.98. The Morgan fingerprint density at radius 3 is 2.40 bits per heavy atom. The fourth-order valence-corrected chi connectivity index (χ4v) is 1.42. The molecular weight excluding hydrogens is 188 g/mol. The highest BCUT2D eigenvalue weighted by Gasteiger charge is 2.02. The first-order chi connectivity index (χ1) is 7.13. The summed E-state index contributed by atoms with van der Waals surface area (Å²) in [5.41, 5.74) is 2.91. The number of benzene rings is 1. The number of aryl methyl sites for hydroxylation is 2. The summed E-state index contributed by atoms with van der Waals surface area (Å²) in [5, 5.41) is 0. The normalized spacial score (nSPS) is 10.6. The molecule has 0 bridgehead atoms. The van der Waals surface area contributed by atoms with E-state index in [-0.39, 0.29) is 5.78 Å². The number of hydrogen-bond donors (Lipinski definition) is 0. The van der Waals surface area contributed by atoms with Crippen LogP contribution in [-0.4, -0.2) is 12.4 Å². The molecule has 0 atom stereocenters. The molecule has 1 aromatic rings. The summed E-state index contributed by atoms with van der Waals surface area (Å²) in [7, 11) is 0. The van der Waals surface area contributed by atoms with Crippen LogP contribution < -0.4 is 0 Å². The number of ether oxygens (including phenoxy) is 1. The Labute approximate surface area is 90.6 Å². The number of carbonyl (C=O) groups is 1. The van der Waals surface area contributed by atoms with E-state index in [1.807, 2.05) is 39.0 Å². The van der Waals surface area contributed by atoms with Crippen molar-refractivity contribution in [2.45, 2.75) is 20.8 Å². The fourth-order valence-electron chi connectivity index (χ4n) is 1.42. The lowest BCUT2D eigenvalue weighted by atomic mass is 10.0. The van der Waals surface area contributed by atoms with Crippen molar-refractivity contribution in [2.75, 3.05) is 6.61 Å². The van der Waals surface area contributed by atoms with Gasteiger partial charge in [-0.05, 0) is 32.9 Å². The van der Waals surface area contributed by atoms with Crippen LogP contribution in [0.1, 0.15) is 28.4 Å². The third-order valence-electron chi connectivity index (χ3n) is 1.99. The lowest BCUT2D eigenvalue weighted by molar-refractivity contribution is 0.104. The second-order valence-electron chi connectivity index (χ2n) is 3.50. The van der Waals surface area contributed by atoms with Crippen molar-refractivity contribution in [2.24, 2.45) is 0 Å². The van der Waals surface area contributed by atoms with E-state index in [2.05, 4.69) is 0 Å². The van der Waals surface area contributed by atoms with Crippen LogP contribution in [0.5, 0.6) is 0 Å². The zero-order valence-corrected chi connectivity index (χ0v) is 9.41. The number of carbonyl (C=O) groups excluding carboxylic acids is 1. The monoisotopic (exact) mass is 204 g/mol. The van der Waals surface area contributed by atoms with Gasteiger partial charge in [0.15, 0.2) is 5.78 Å². The van der Waals surface area contributed by atoms with Crippen LogP contribution in [-0.2, 0) is 4.74 Å². The van der Waals surface area contributed by atoms with Crippen molar-refractivity contribution >= 4 is 5.78 Å². The highest BCUT2D eigenvalue weighted by atomic mass is 16.5. The predicted octanol–water partition coefficient (Wildman–Crippen LogP) is 3.04. The topological polar surface area (TPSA) is 26.3 Å². The zero-order valence-electron chi connectivity index (χ0n) is 9.41. The molecule has 0 fully saturated rings. The molecule has 2 nitrogen and oxygen atoms in total. The summed E-state index contributed by atoms with van der Waals surface area (Å²) in [4.78, 5) is 11.7. The second-order valence-corrected chi connectivity index (χ2v) is 3.50. The van der Waals surface area contributed by atoms with Gasteiger partial charge in [-0.3, -0.25) is 4.79 Å².